The van der Waals surface area contributed by atoms with E-state index in [1.807, 2.05) is 18.2 Å². The molecule has 1 heterocycles. The van der Waals surface area contributed by atoms with Gasteiger partial charge in [-0.2, -0.15) is 4.68 Å². The fourth-order valence-electron chi connectivity index (χ4n) is 2.25. The number of aryl methyl sites for hydroxylation is 1. The average Bonchev–Trinajstić information content (AvgIpc) is 3.00. The monoisotopic (exact) mass is 328 g/mol. The third-order valence-corrected chi connectivity index (χ3v) is 3.64. The van der Waals surface area contributed by atoms with Crippen molar-refractivity contribution in [2.75, 3.05) is 7.11 Å². The molecule has 0 N–H and O–H groups in total. The number of esters is 1. The van der Waals surface area contributed by atoms with E-state index in [-0.39, 0.29) is 0 Å². The molecule has 0 saturated carbocycles. The highest BCUT2D eigenvalue weighted by molar-refractivity contribution is 6.30. The van der Waals surface area contributed by atoms with Crippen LogP contribution >= 0.6 is 11.6 Å². The number of carbonyl (C=O) groups is 1. The molecule has 3 rings (SSSR count). The Kier molecular flexibility index (Phi) is 4.08. The number of carbonyl (C=O) groups excluding carboxylic acids is 1. The Balaban J connectivity index is 2.17. The number of hydrogen-bond acceptors (Lipinski definition) is 5. The first-order chi connectivity index (χ1) is 11.1. The number of tetrazole rings is 1. The number of aromatic nitrogens is 4. The van der Waals surface area contributed by atoms with Gasteiger partial charge in [-0.1, -0.05) is 23.7 Å². The Labute approximate surface area is 137 Å². The molecule has 0 atom stereocenters. The van der Waals surface area contributed by atoms with E-state index in [1.165, 1.54) is 7.11 Å². The van der Waals surface area contributed by atoms with Gasteiger partial charge in [-0.25, -0.2) is 4.79 Å². The van der Waals surface area contributed by atoms with E-state index in [9.17, 15) is 4.79 Å². The molecule has 1 aromatic heterocycles. The first kappa shape index (κ1) is 15.2. The molecule has 116 valence electrons. The van der Waals surface area contributed by atoms with Crippen molar-refractivity contribution in [1.82, 2.24) is 20.2 Å². The van der Waals surface area contributed by atoms with E-state index in [2.05, 4.69) is 15.5 Å². The lowest BCUT2D eigenvalue weighted by molar-refractivity contribution is 0.0600. The van der Waals surface area contributed by atoms with Gasteiger partial charge in [0.2, 0.25) is 0 Å². The van der Waals surface area contributed by atoms with Crippen LogP contribution < -0.4 is 0 Å². The topological polar surface area (TPSA) is 69.9 Å². The third-order valence-electron chi connectivity index (χ3n) is 3.39. The van der Waals surface area contributed by atoms with Crippen LogP contribution in [0.15, 0.2) is 42.5 Å². The molecular weight excluding hydrogens is 316 g/mol. The average molecular weight is 329 g/mol. The zero-order chi connectivity index (χ0) is 16.4. The smallest absolute Gasteiger partial charge is 0.337 e. The Morgan fingerprint density at radius 3 is 2.48 bits per heavy atom. The zero-order valence-corrected chi connectivity index (χ0v) is 13.3. The van der Waals surface area contributed by atoms with E-state index in [1.54, 1.807) is 35.9 Å². The molecular formula is C16H13ClN4O2. The van der Waals surface area contributed by atoms with Crippen molar-refractivity contribution in [1.29, 1.82) is 0 Å². The molecule has 0 fully saturated rings. The predicted octanol–water partition coefficient (Wildman–Crippen LogP) is 3.08. The normalized spacial score (nSPS) is 10.6. The van der Waals surface area contributed by atoms with Gasteiger partial charge in [0.1, 0.15) is 0 Å². The van der Waals surface area contributed by atoms with Crippen LogP contribution in [0.2, 0.25) is 5.02 Å². The van der Waals surface area contributed by atoms with E-state index in [0.717, 1.165) is 11.1 Å². The Morgan fingerprint density at radius 2 is 1.87 bits per heavy atom. The Hall–Kier alpha value is -2.73. The van der Waals surface area contributed by atoms with E-state index >= 15 is 0 Å². The van der Waals surface area contributed by atoms with Gasteiger partial charge < -0.3 is 4.74 Å². The van der Waals surface area contributed by atoms with Crippen molar-refractivity contribution in [3.05, 3.63) is 58.9 Å². The number of rotatable bonds is 3. The van der Waals surface area contributed by atoms with Crippen LogP contribution in [0, 0.1) is 6.92 Å². The van der Waals surface area contributed by atoms with Gasteiger partial charge in [-0.3, -0.25) is 0 Å². The van der Waals surface area contributed by atoms with Crippen LogP contribution in [0.1, 0.15) is 16.2 Å². The summed E-state index contributed by atoms with van der Waals surface area (Å²) in [4.78, 5) is 12.0. The lowest BCUT2D eigenvalue weighted by atomic mass is 10.0. The van der Waals surface area contributed by atoms with Crippen LogP contribution in [0.4, 0.5) is 0 Å². The fourth-order valence-corrected chi connectivity index (χ4v) is 2.37. The van der Waals surface area contributed by atoms with Crippen molar-refractivity contribution in [2.45, 2.75) is 6.92 Å². The lowest BCUT2D eigenvalue weighted by Crippen LogP contribution is -2.06. The number of nitrogens with zero attached hydrogens (tertiary/aromatic N) is 4. The van der Waals surface area contributed by atoms with Crippen molar-refractivity contribution in [3.63, 3.8) is 0 Å². The van der Waals surface area contributed by atoms with Gasteiger partial charge in [0, 0.05) is 5.02 Å². The summed E-state index contributed by atoms with van der Waals surface area (Å²) < 4.78 is 6.39. The standard InChI is InChI=1S/C16H13ClN4O2/c1-10-18-19-20-21(10)15-8-12(7-13(9-15)16(22)23-2)11-3-5-14(17)6-4-11/h3-9H,1-2H3. The summed E-state index contributed by atoms with van der Waals surface area (Å²) in [7, 11) is 1.35. The van der Waals surface area contributed by atoms with E-state index in [4.69, 9.17) is 16.3 Å². The molecule has 6 nitrogen and oxygen atoms in total. The molecule has 23 heavy (non-hydrogen) atoms. The molecule has 0 spiro atoms. The van der Waals surface area contributed by atoms with Gasteiger partial charge in [0.25, 0.3) is 0 Å². The molecule has 0 saturated heterocycles. The van der Waals surface area contributed by atoms with Crippen molar-refractivity contribution in [3.8, 4) is 16.8 Å². The molecule has 0 bridgehead atoms. The molecule has 0 amide bonds. The van der Waals surface area contributed by atoms with Gasteiger partial charge in [0.15, 0.2) is 5.82 Å². The number of methoxy groups -OCH3 is 1. The summed E-state index contributed by atoms with van der Waals surface area (Å²) in [6, 6.07) is 12.7. The maximum Gasteiger partial charge on any atom is 0.337 e. The van der Waals surface area contributed by atoms with Crippen LogP contribution in [0.3, 0.4) is 0 Å². The van der Waals surface area contributed by atoms with Crippen LogP contribution in [0.25, 0.3) is 16.8 Å². The number of benzene rings is 2. The molecule has 0 aliphatic heterocycles. The largest absolute Gasteiger partial charge is 0.465 e. The van der Waals surface area contributed by atoms with Gasteiger partial charge in [-0.15, -0.1) is 5.10 Å². The summed E-state index contributed by atoms with van der Waals surface area (Å²) in [5.41, 5.74) is 2.87. The minimum atomic E-state index is -0.423. The fraction of sp³-hybridized carbons (Fsp3) is 0.125. The second kappa shape index (κ2) is 6.18. The molecule has 2 aromatic carbocycles. The molecule has 0 aliphatic rings. The highest BCUT2D eigenvalue weighted by Gasteiger charge is 2.13. The number of hydrogen-bond donors (Lipinski definition) is 0. The van der Waals surface area contributed by atoms with Crippen molar-refractivity contribution in [2.24, 2.45) is 0 Å². The third kappa shape index (κ3) is 3.07. The minimum Gasteiger partial charge on any atom is -0.465 e. The lowest BCUT2D eigenvalue weighted by Gasteiger charge is -2.09. The summed E-state index contributed by atoms with van der Waals surface area (Å²) in [5, 5.41) is 12.1. The van der Waals surface area contributed by atoms with Crippen molar-refractivity contribution >= 4 is 17.6 Å². The number of halogens is 1. The SMILES string of the molecule is COC(=O)c1cc(-c2ccc(Cl)cc2)cc(-n2nnnc2C)c1. The molecule has 7 heteroatoms. The van der Waals surface area contributed by atoms with Gasteiger partial charge in [0.05, 0.1) is 18.4 Å². The van der Waals surface area contributed by atoms with E-state index < -0.39 is 5.97 Å². The van der Waals surface area contributed by atoms with Crippen LogP contribution in [-0.2, 0) is 4.74 Å². The first-order valence-corrected chi connectivity index (χ1v) is 7.21. The van der Waals surface area contributed by atoms with Crippen LogP contribution in [-0.4, -0.2) is 33.3 Å². The zero-order valence-electron chi connectivity index (χ0n) is 12.5. The molecule has 0 aliphatic carbocycles. The van der Waals surface area contributed by atoms with Crippen LogP contribution in [0.5, 0.6) is 0 Å². The molecule has 0 unspecified atom stereocenters. The maximum atomic E-state index is 12.0. The minimum absolute atomic E-state index is 0.421. The first-order valence-electron chi connectivity index (χ1n) is 6.83. The summed E-state index contributed by atoms with van der Waals surface area (Å²) in [6.07, 6.45) is 0. The van der Waals surface area contributed by atoms with Gasteiger partial charge in [-0.05, 0) is 58.8 Å². The van der Waals surface area contributed by atoms with Gasteiger partial charge >= 0.3 is 5.97 Å². The second-order valence-corrected chi connectivity index (χ2v) is 5.34. The summed E-state index contributed by atoms with van der Waals surface area (Å²) in [5.74, 6) is 0.196. The quantitative estimate of drug-likeness (QED) is 0.691. The van der Waals surface area contributed by atoms with E-state index in [0.29, 0.717) is 22.1 Å². The Bertz CT molecular complexity index is 859. The Morgan fingerprint density at radius 1 is 1.13 bits per heavy atom. The second-order valence-electron chi connectivity index (χ2n) is 4.90. The predicted molar refractivity (Wildman–Crippen MR) is 85.7 cm³/mol. The highest BCUT2D eigenvalue weighted by atomic mass is 35.5. The molecule has 3 aromatic rings. The molecule has 0 radical (unpaired) electrons. The number of ether oxygens (including phenoxy) is 1. The maximum absolute atomic E-state index is 12.0. The summed E-state index contributed by atoms with van der Waals surface area (Å²) in [6.45, 7) is 1.78. The highest BCUT2D eigenvalue weighted by Crippen LogP contribution is 2.26. The summed E-state index contributed by atoms with van der Waals surface area (Å²) >= 11 is 5.93. The van der Waals surface area contributed by atoms with Crippen molar-refractivity contribution < 1.29 is 9.53 Å².